The molecular weight excluding hydrogens is 484 g/mol. The highest BCUT2D eigenvalue weighted by molar-refractivity contribution is 5.53. The van der Waals surface area contributed by atoms with Gasteiger partial charge in [-0.3, -0.25) is 0 Å². The van der Waals surface area contributed by atoms with Gasteiger partial charge in [-0.15, -0.1) is 13.2 Å². The lowest BCUT2D eigenvalue weighted by atomic mass is 9.91. The van der Waals surface area contributed by atoms with Gasteiger partial charge in [-0.1, -0.05) is 54.7 Å². The number of anilines is 1. The average Bonchev–Trinajstić information content (AvgIpc) is 2.80. The van der Waals surface area contributed by atoms with Crippen LogP contribution in [0.15, 0.2) is 66.1 Å². The molecule has 10 heteroatoms. The van der Waals surface area contributed by atoms with Gasteiger partial charge < -0.3 is 15.4 Å². The molecule has 36 heavy (non-hydrogen) atoms. The molecule has 2 rings (SSSR count). The summed E-state index contributed by atoms with van der Waals surface area (Å²) in [6.45, 7) is 19.1. The molecule has 0 bridgehead atoms. The summed E-state index contributed by atoms with van der Waals surface area (Å²) in [7, 11) is 0. The second-order valence-corrected chi connectivity index (χ2v) is 7.57. The van der Waals surface area contributed by atoms with Crippen LogP contribution in [0.5, 0.6) is 5.75 Å². The first-order chi connectivity index (χ1) is 16.8. The zero-order valence-electron chi connectivity index (χ0n) is 21.7. The maximum Gasteiger partial charge on any atom is 0.573 e. The number of alkyl halides is 6. The number of aromatic nitrogens is 1. The van der Waals surface area contributed by atoms with Crippen LogP contribution in [0.3, 0.4) is 0 Å². The topological polar surface area (TPSA) is 46.2 Å². The number of hydrogen-bond donors (Lipinski definition) is 2. The number of halogens is 6. The lowest BCUT2D eigenvalue weighted by Crippen LogP contribution is -2.37. The van der Waals surface area contributed by atoms with Crippen LogP contribution in [0.4, 0.5) is 32.2 Å². The summed E-state index contributed by atoms with van der Waals surface area (Å²) in [4.78, 5) is 3.94. The van der Waals surface area contributed by atoms with Crippen LogP contribution < -0.4 is 15.4 Å². The highest BCUT2D eigenvalue weighted by Crippen LogP contribution is 2.32. The number of nitrogens with one attached hydrogen (secondary N) is 2. The average molecular weight is 522 g/mol. The fourth-order valence-electron chi connectivity index (χ4n) is 3.16. The number of ether oxygens (including phenoxy) is 1. The predicted octanol–water partition coefficient (Wildman–Crippen LogP) is 8.34. The van der Waals surface area contributed by atoms with Crippen LogP contribution in [0, 0.1) is 5.92 Å². The summed E-state index contributed by atoms with van der Waals surface area (Å²) >= 11 is 0. The number of nitrogens with zero attached hydrogens (tertiary/aromatic N) is 1. The van der Waals surface area contributed by atoms with Crippen LogP contribution >= 0.6 is 0 Å². The minimum atomic E-state index is -4.88. The van der Waals surface area contributed by atoms with Crippen LogP contribution in [0.2, 0.25) is 0 Å². The molecule has 1 saturated heterocycles. The Morgan fingerprint density at radius 1 is 1.14 bits per heavy atom. The third-order valence-corrected chi connectivity index (χ3v) is 4.70. The van der Waals surface area contributed by atoms with Crippen LogP contribution in [0.25, 0.3) is 0 Å². The van der Waals surface area contributed by atoms with Gasteiger partial charge in [0.25, 0.3) is 0 Å². The zero-order chi connectivity index (χ0) is 28.1. The van der Waals surface area contributed by atoms with E-state index in [-0.39, 0.29) is 11.7 Å². The maximum atomic E-state index is 12.9. The maximum absolute atomic E-state index is 12.9. The SMILES string of the molecule is C=C(/C=C1\NCCCC1Nc1ncccc1OC(F)(F)F)/C(=C/C(=C)C(F)(F)F)C(C)C.CC.CC. The molecule has 0 aromatic carbocycles. The molecule has 0 saturated carbocycles. The monoisotopic (exact) mass is 521 g/mol. The standard InChI is InChI=1S/C22H25F6N3O.2C2H6/c1-13(2)16(12-15(4)21(23,24)25)14(3)11-18-17(7-5-9-29-18)31-20-19(8-6-10-30-20)32-22(26,27)28;2*1-2/h6,8,10-13,17,29H,3-5,7,9H2,1-2H3,(H,30,31);2*1-2H3/b16-12+,18-11-;;. The zero-order valence-corrected chi connectivity index (χ0v) is 21.7. The summed E-state index contributed by atoms with van der Waals surface area (Å²) in [5.74, 6) is -0.843. The first-order valence-electron chi connectivity index (χ1n) is 11.9. The molecule has 1 aliphatic heterocycles. The Morgan fingerprint density at radius 3 is 2.28 bits per heavy atom. The van der Waals surface area contributed by atoms with Crippen molar-refractivity contribution in [3.05, 3.63) is 66.1 Å². The van der Waals surface area contributed by atoms with E-state index in [1.165, 1.54) is 12.3 Å². The number of piperidine rings is 1. The van der Waals surface area contributed by atoms with Crippen molar-refractivity contribution in [3.8, 4) is 5.75 Å². The van der Waals surface area contributed by atoms with Gasteiger partial charge in [0.15, 0.2) is 11.6 Å². The lowest BCUT2D eigenvalue weighted by Gasteiger charge is -2.29. The largest absolute Gasteiger partial charge is 0.573 e. The number of pyridine rings is 1. The normalized spacial score (nSPS) is 17.2. The molecule has 2 N–H and O–H groups in total. The van der Waals surface area contributed by atoms with E-state index in [1.807, 2.05) is 27.7 Å². The summed E-state index contributed by atoms with van der Waals surface area (Å²) in [5, 5.41) is 6.08. The summed E-state index contributed by atoms with van der Waals surface area (Å²) in [6.07, 6.45) is -4.27. The van der Waals surface area contributed by atoms with Gasteiger partial charge in [0, 0.05) is 24.0 Å². The van der Waals surface area contributed by atoms with Crippen molar-refractivity contribution in [1.82, 2.24) is 10.3 Å². The van der Waals surface area contributed by atoms with Gasteiger partial charge in [0.05, 0.1) is 6.04 Å². The van der Waals surface area contributed by atoms with E-state index in [9.17, 15) is 26.3 Å². The first kappa shape index (κ1) is 33.1. The van der Waals surface area contributed by atoms with Gasteiger partial charge in [0.1, 0.15) is 0 Å². The second-order valence-electron chi connectivity index (χ2n) is 7.57. The van der Waals surface area contributed by atoms with Crippen LogP contribution in [-0.2, 0) is 0 Å². The van der Waals surface area contributed by atoms with Gasteiger partial charge in [-0.25, -0.2) is 4.98 Å². The minimum Gasteiger partial charge on any atom is -0.402 e. The quantitative estimate of drug-likeness (QED) is 0.280. The van der Waals surface area contributed by atoms with E-state index in [0.29, 0.717) is 29.8 Å². The summed E-state index contributed by atoms with van der Waals surface area (Å²) < 4.78 is 80.9. The fourth-order valence-corrected chi connectivity index (χ4v) is 3.16. The molecule has 1 fully saturated rings. The second kappa shape index (κ2) is 15.3. The Kier molecular flexibility index (Phi) is 14.0. The summed E-state index contributed by atoms with van der Waals surface area (Å²) in [6, 6.07) is 1.99. The first-order valence-corrected chi connectivity index (χ1v) is 11.9. The van der Waals surface area contributed by atoms with Crippen molar-refractivity contribution >= 4 is 5.82 Å². The lowest BCUT2D eigenvalue weighted by molar-refractivity contribution is -0.274. The molecule has 1 unspecified atom stereocenters. The molecule has 0 amide bonds. The molecule has 1 atom stereocenters. The molecule has 1 aromatic rings. The van der Waals surface area contributed by atoms with Crippen molar-refractivity contribution in [3.63, 3.8) is 0 Å². The minimum absolute atomic E-state index is 0.0971. The number of hydrogen-bond acceptors (Lipinski definition) is 4. The predicted molar refractivity (Wildman–Crippen MR) is 134 cm³/mol. The molecule has 1 aliphatic rings. The Balaban J connectivity index is 0.00000291. The van der Waals surface area contributed by atoms with Gasteiger partial charge in [-0.05, 0) is 54.2 Å². The highest BCUT2D eigenvalue weighted by atomic mass is 19.4. The van der Waals surface area contributed by atoms with Gasteiger partial charge in [0.2, 0.25) is 0 Å². The van der Waals surface area contributed by atoms with E-state index in [1.54, 1.807) is 19.9 Å². The van der Waals surface area contributed by atoms with Crippen molar-refractivity contribution in [1.29, 1.82) is 0 Å². The molecule has 2 heterocycles. The van der Waals surface area contributed by atoms with E-state index in [4.69, 9.17) is 0 Å². The van der Waals surface area contributed by atoms with Crippen LogP contribution in [-0.4, -0.2) is 30.1 Å². The van der Waals surface area contributed by atoms with Crippen molar-refractivity contribution in [2.45, 2.75) is 73.0 Å². The van der Waals surface area contributed by atoms with E-state index >= 15 is 0 Å². The van der Waals surface area contributed by atoms with Gasteiger partial charge in [-0.2, -0.15) is 13.2 Å². The third kappa shape index (κ3) is 11.2. The van der Waals surface area contributed by atoms with E-state index in [0.717, 1.165) is 18.6 Å². The van der Waals surface area contributed by atoms with E-state index < -0.39 is 29.9 Å². The number of allylic oxidation sites excluding steroid dienone is 5. The Hall–Kier alpha value is -2.91. The smallest absolute Gasteiger partial charge is 0.402 e. The molecule has 0 spiro atoms. The molecule has 0 aliphatic carbocycles. The third-order valence-electron chi connectivity index (χ3n) is 4.70. The molecular formula is C26H37F6N3O. The highest BCUT2D eigenvalue weighted by Gasteiger charge is 2.33. The summed E-state index contributed by atoms with van der Waals surface area (Å²) in [5.41, 5.74) is 0.280. The molecule has 1 aromatic heterocycles. The van der Waals surface area contributed by atoms with E-state index in [2.05, 4.69) is 33.5 Å². The fraction of sp³-hybridized carbons (Fsp3) is 0.500. The Labute approximate surface area is 210 Å². The van der Waals surface area contributed by atoms with Crippen molar-refractivity contribution < 1.29 is 31.1 Å². The van der Waals surface area contributed by atoms with Gasteiger partial charge >= 0.3 is 12.5 Å². The molecule has 0 radical (unpaired) electrons. The van der Waals surface area contributed by atoms with Crippen molar-refractivity contribution in [2.24, 2.45) is 5.92 Å². The van der Waals surface area contributed by atoms with Crippen molar-refractivity contribution in [2.75, 3.05) is 11.9 Å². The Morgan fingerprint density at radius 2 is 1.75 bits per heavy atom. The molecule has 204 valence electrons. The van der Waals surface area contributed by atoms with Crippen LogP contribution in [0.1, 0.15) is 54.4 Å². The number of rotatable bonds is 7. The Bertz CT molecular complexity index is 902. The molecule has 4 nitrogen and oxygen atoms in total.